The topological polar surface area (TPSA) is 99.4 Å². The van der Waals surface area contributed by atoms with Crippen molar-refractivity contribution in [1.82, 2.24) is 9.97 Å². The normalized spacial score (nSPS) is 10.0. The Labute approximate surface area is 122 Å². The molecule has 2 aromatic heterocycles. The summed E-state index contributed by atoms with van der Waals surface area (Å²) < 4.78 is 9.72. The molecule has 0 fully saturated rings. The van der Waals surface area contributed by atoms with E-state index in [9.17, 15) is 4.79 Å². The summed E-state index contributed by atoms with van der Waals surface area (Å²) in [5.74, 6) is 0.454. The van der Waals surface area contributed by atoms with E-state index in [0.717, 1.165) is 5.56 Å². The van der Waals surface area contributed by atoms with Crippen LogP contribution in [-0.4, -0.2) is 30.2 Å². The van der Waals surface area contributed by atoms with Crippen LogP contribution in [-0.2, 0) is 11.3 Å². The maximum atomic E-state index is 11.6. The van der Waals surface area contributed by atoms with Gasteiger partial charge in [0.25, 0.3) is 0 Å². The first-order chi connectivity index (χ1) is 10.2. The van der Waals surface area contributed by atoms with E-state index in [1.54, 1.807) is 19.4 Å². The van der Waals surface area contributed by atoms with Crippen LogP contribution in [0, 0.1) is 0 Å². The van der Waals surface area contributed by atoms with Gasteiger partial charge >= 0.3 is 5.97 Å². The zero-order valence-corrected chi connectivity index (χ0v) is 11.8. The lowest BCUT2D eigenvalue weighted by molar-refractivity contribution is 0.0602. The summed E-state index contributed by atoms with van der Waals surface area (Å²) in [5, 5.41) is 3.07. The molecule has 21 heavy (non-hydrogen) atoms. The molecule has 0 atom stereocenters. The molecule has 2 heterocycles. The van der Waals surface area contributed by atoms with Gasteiger partial charge in [-0.25, -0.2) is 14.8 Å². The van der Waals surface area contributed by atoms with E-state index in [2.05, 4.69) is 20.0 Å². The molecule has 7 nitrogen and oxygen atoms in total. The Kier molecular flexibility index (Phi) is 4.55. The maximum Gasteiger partial charge on any atom is 0.340 e. The number of rotatable bonds is 5. The van der Waals surface area contributed by atoms with Crippen LogP contribution in [0.2, 0.25) is 0 Å². The van der Waals surface area contributed by atoms with E-state index >= 15 is 0 Å². The zero-order chi connectivity index (χ0) is 15.2. The fourth-order valence-corrected chi connectivity index (χ4v) is 1.76. The van der Waals surface area contributed by atoms with E-state index in [1.165, 1.54) is 19.4 Å². The average Bonchev–Trinajstić information content (AvgIpc) is 2.53. The number of ether oxygens (including phenoxy) is 2. The predicted molar refractivity (Wildman–Crippen MR) is 78.1 cm³/mol. The van der Waals surface area contributed by atoms with Crippen LogP contribution in [0.15, 0.2) is 30.6 Å². The number of pyridine rings is 2. The molecule has 0 aliphatic carbocycles. The van der Waals surface area contributed by atoms with E-state index < -0.39 is 5.97 Å². The third kappa shape index (κ3) is 3.38. The van der Waals surface area contributed by atoms with Crippen LogP contribution < -0.4 is 15.8 Å². The molecule has 0 amide bonds. The van der Waals surface area contributed by atoms with Gasteiger partial charge in [-0.05, 0) is 17.7 Å². The number of carbonyl (C=O) groups is 1. The second-order valence-corrected chi connectivity index (χ2v) is 4.17. The number of esters is 1. The lowest BCUT2D eigenvalue weighted by Gasteiger charge is -2.11. The van der Waals surface area contributed by atoms with E-state index in [4.69, 9.17) is 10.5 Å². The van der Waals surface area contributed by atoms with Gasteiger partial charge in [-0.2, -0.15) is 0 Å². The Morgan fingerprint density at radius 2 is 2.05 bits per heavy atom. The van der Waals surface area contributed by atoms with Gasteiger partial charge in [0.15, 0.2) is 0 Å². The fraction of sp³-hybridized carbons (Fsp3) is 0.214. The predicted octanol–water partition coefficient (Wildman–Crippen LogP) is 1.47. The quantitative estimate of drug-likeness (QED) is 0.803. The van der Waals surface area contributed by atoms with Crippen molar-refractivity contribution in [2.45, 2.75) is 6.54 Å². The summed E-state index contributed by atoms with van der Waals surface area (Å²) in [6, 6.07) is 5.16. The molecule has 0 aliphatic rings. The van der Waals surface area contributed by atoms with Gasteiger partial charge in [-0.3, -0.25) is 0 Å². The summed E-state index contributed by atoms with van der Waals surface area (Å²) in [5.41, 5.74) is 7.40. The Morgan fingerprint density at radius 1 is 1.29 bits per heavy atom. The number of methoxy groups -OCH3 is 2. The summed E-state index contributed by atoms with van der Waals surface area (Å²) in [6.07, 6.45) is 3.15. The van der Waals surface area contributed by atoms with E-state index in [0.29, 0.717) is 18.2 Å². The summed E-state index contributed by atoms with van der Waals surface area (Å²) in [6.45, 7) is 0.473. The molecule has 0 aromatic carbocycles. The van der Waals surface area contributed by atoms with Crippen LogP contribution >= 0.6 is 0 Å². The smallest absolute Gasteiger partial charge is 0.340 e. The fourth-order valence-electron chi connectivity index (χ4n) is 1.76. The third-order valence-electron chi connectivity index (χ3n) is 2.86. The first-order valence-corrected chi connectivity index (χ1v) is 6.21. The van der Waals surface area contributed by atoms with Crippen molar-refractivity contribution in [3.8, 4) is 5.88 Å². The monoisotopic (exact) mass is 288 g/mol. The van der Waals surface area contributed by atoms with Crippen molar-refractivity contribution in [2.75, 3.05) is 25.3 Å². The molecule has 0 saturated heterocycles. The molecule has 0 aliphatic heterocycles. The highest BCUT2D eigenvalue weighted by molar-refractivity contribution is 5.97. The van der Waals surface area contributed by atoms with Gasteiger partial charge < -0.3 is 20.5 Å². The standard InChI is InChI=1S/C14H16N4O3/c1-20-11-7-9(3-5-16-11)8-18-13-12(15)10(4-6-17-13)14(19)21-2/h3-7H,8,15H2,1-2H3,(H,17,18). The number of nitrogen functional groups attached to an aromatic ring is 1. The SMILES string of the molecule is COC(=O)c1ccnc(NCc2ccnc(OC)c2)c1N. The number of nitrogens with two attached hydrogens (primary N) is 1. The summed E-state index contributed by atoms with van der Waals surface area (Å²) in [4.78, 5) is 19.7. The Morgan fingerprint density at radius 3 is 2.76 bits per heavy atom. The minimum atomic E-state index is -0.497. The van der Waals surface area contributed by atoms with Crippen LogP contribution in [0.4, 0.5) is 11.5 Å². The van der Waals surface area contributed by atoms with E-state index in [-0.39, 0.29) is 11.3 Å². The molecular formula is C14H16N4O3. The molecule has 0 spiro atoms. The van der Waals surface area contributed by atoms with Crippen molar-refractivity contribution >= 4 is 17.5 Å². The molecule has 0 unspecified atom stereocenters. The Balaban J connectivity index is 2.14. The molecule has 7 heteroatoms. The van der Waals surface area contributed by atoms with Crippen LogP contribution in [0.3, 0.4) is 0 Å². The van der Waals surface area contributed by atoms with Crippen molar-refractivity contribution in [2.24, 2.45) is 0 Å². The second-order valence-electron chi connectivity index (χ2n) is 4.17. The van der Waals surface area contributed by atoms with Crippen LogP contribution in [0.25, 0.3) is 0 Å². The second kappa shape index (κ2) is 6.56. The minimum Gasteiger partial charge on any atom is -0.481 e. The third-order valence-corrected chi connectivity index (χ3v) is 2.86. The van der Waals surface area contributed by atoms with Crippen LogP contribution in [0.5, 0.6) is 5.88 Å². The molecular weight excluding hydrogens is 272 g/mol. The average molecular weight is 288 g/mol. The lowest BCUT2D eigenvalue weighted by atomic mass is 10.2. The van der Waals surface area contributed by atoms with Crippen molar-refractivity contribution in [3.05, 3.63) is 41.7 Å². The number of nitrogens with zero attached hydrogens (tertiary/aromatic N) is 2. The number of hydrogen-bond acceptors (Lipinski definition) is 7. The number of carbonyl (C=O) groups excluding carboxylic acids is 1. The first kappa shape index (κ1) is 14.6. The number of hydrogen-bond donors (Lipinski definition) is 2. The molecule has 110 valence electrons. The zero-order valence-electron chi connectivity index (χ0n) is 11.8. The van der Waals surface area contributed by atoms with Gasteiger partial charge in [0.1, 0.15) is 5.82 Å². The van der Waals surface area contributed by atoms with Gasteiger partial charge in [-0.15, -0.1) is 0 Å². The van der Waals surface area contributed by atoms with Crippen molar-refractivity contribution in [1.29, 1.82) is 0 Å². The molecule has 0 saturated carbocycles. The molecule has 0 radical (unpaired) electrons. The minimum absolute atomic E-state index is 0.255. The number of nitrogens with one attached hydrogen (secondary N) is 1. The molecule has 2 aromatic rings. The van der Waals surface area contributed by atoms with Gasteiger partial charge in [-0.1, -0.05) is 0 Å². The maximum absolute atomic E-state index is 11.6. The number of aromatic nitrogens is 2. The first-order valence-electron chi connectivity index (χ1n) is 6.21. The number of anilines is 2. The highest BCUT2D eigenvalue weighted by Crippen LogP contribution is 2.21. The van der Waals surface area contributed by atoms with Gasteiger partial charge in [0.05, 0.1) is 25.5 Å². The molecule has 2 rings (SSSR count). The lowest BCUT2D eigenvalue weighted by Crippen LogP contribution is -2.10. The summed E-state index contributed by atoms with van der Waals surface area (Å²) >= 11 is 0. The summed E-state index contributed by atoms with van der Waals surface area (Å²) in [7, 11) is 2.86. The highest BCUT2D eigenvalue weighted by atomic mass is 16.5. The van der Waals surface area contributed by atoms with E-state index in [1.807, 2.05) is 6.07 Å². The van der Waals surface area contributed by atoms with Gasteiger partial charge in [0.2, 0.25) is 5.88 Å². The molecule has 0 bridgehead atoms. The largest absolute Gasteiger partial charge is 0.481 e. The van der Waals surface area contributed by atoms with Crippen molar-refractivity contribution < 1.29 is 14.3 Å². The van der Waals surface area contributed by atoms with Gasteiger partial charge in [0, 0.05) is 25.0 Å². The highest BCUT2D eigenvalue weighted by Gasteiger charge is 2.13. The Hall–Kier alpha value is -2.83. The van der Waals surface area contributed by atoms with Crippen LogP contribution in [0.1, 0.15) is 15.9 Å². The van der Waals surface area contributed by atoms with Crippen molar-refractivity contribution in [3.63, 3.8) is 0 Å². The molecule has 3 N–H and O–H groups in total. The Bertz CT molecular complexity index is 646.